The lowest BCUT2D eigenvalue weighted by Gasteiger charge is -2.13. The zero-order valence-electron chi connectivity index (χ0n) is 9.50. The number of hydrogen-bond donors (Lipinski definition) is 1. The molecule has 1 aliphatic rings. The number of nitrogens with two attached hydrogens (primary N) is 1. The Bertz CT molecular complexity index is 395. The van der Waals surface area contributed by atoms with E-state index < -0.39 is 0 Å². The highest BCUT2D eigenvalue weighted by Crippen LogP contribution is 2.53. The van der Waals surface area contributed by atoms with Gasteiger partial charge in [-0.3, -0.25) is 0 Å². The van der Waals surface area contributed by atoms with E-state index >= 15 is 0 Å². The van der Waals surface area contributed by atoms with Crippen LogP contribution in [0, 0.1) is 11.7 Å². The minimum Gasteiger partial charge on any atom is -0.496 e. The molecule has 0 aliphatic heterocycles. The van der Waals surface area contributed by atoms with Gasteiger partial charge in [-0.15, -0.1) is 0 Å². The van der Waals surface area contributed by atoms with E-state index in [1.165, 1.54) is 13.2 Å². The fourth-order valence-corrected chi connectivity index (χ4v) is 2.15. The molecule has 3 nitrogen and oxygen atoms in total. The van der Waals surface area contributed by atoms with Gasteiger partial charge in [-0.25, -0.2) is 4.39 Å². The van der Waals surface area contributed by atoms with Crippen LogP contribution in [0.15, 0.2) is 12.1 Å². The second-order valence-corrected chi connectivity index (χ2v) is 4.03. The van der Waals surface area contributed by atoms with Crippen LogP contribution in [0.25, 0.3) is 0 Å². The van der Waals surface area contributed by atoms with Crippen LogP contribution in [0.4, 0.5) is 4.39 Å². The smallest absolute Gasteiger partial charge is 0.165 e. The highest BCUT2D eigenvalue weighted by molar-refractivity contribution is 5.50. The van der Waals surface area contributed by atoms with E-state index in [9.17, 15) is 4.39 Å². The Hall–Kier alpha value is -1.29. The van der Waals surface area contributed by atoms with E-state index in [-0.39, 0.29) is 11.7 Å². The predicted molar refractivity (Wildman–Crippen MR) is 59.4 cm³/mol. The van der Waals surface area contributed by atoms with Gasteiger partial charge < -0.3 is 15.2 Å². The van der Waals surface area contributed by atoms with Gasteiger partial charge in [0.05, 0.1) is 14.2 Å². The normalized spacial score (nSPS) is 23.0. The molecule has 2 rings (SSSR count). The molecule has 2 unspecified atom stereocenters. The lowest BCUT2D eigenvalue weighted by molar-refractivity contribution is 0.365. The summed E-state index contributed by atoms with van der Waals surface area (Å²) in [6.45, 7) is 0.619. The minimum absolute atomic E-state index is 0.269. The van der Waals surface area contributed by atoms with Gasteiger partial charge in [-0.2, -0.15) is 0 Å². The van der Waals surface area contributed by atoms with Gasteiger partial charge in [0, 0.05) is 5.56 Å². The number of rotatable bonds is 4. The summed E-state index contributed by atoms with van der Waals surface area (Å²) in [7, 11) is 3.05. The molecule has 0 saturated heterocycles. The van der Waals surface area contributed by atoms with Crippen LogP contribution in [-0.4, -0.2) is 20.8 Å². The zero-order chi connectivity index (χ0) is 11.7. The molecule has 1 fully saturated rings. The maximum Gasteiger partial charge on any atom is 0.165 e. The van der Waals surface area contributed by atoms with Crippen LogP contribution in [-0.2, 0) is 0 Å². The molecule has 2 N–H and O–H groups in total. The Morgan fingerprint density at radius 2 is 2.12 bits per heavy atom. The lowest BCUT2D eigenvalue weighted by atomic mass is 10.1. The highest BCUT2D eigenvalue weighted by atomic mass is 19.1. The van der Waals surface area contributed by atoms with Crippen LogP contribution >= 0.6 is 0 Å². The Morgan fingerprint density at radius 1 is 1.38 bits per heavy atom. The third-order valence-corrected chi connectivity index (χ3v) is 3.13. The molecular weight excluding hydrogens is 209 g/mol. The molecule has 0 spiro atoms. The first-order chi connectivity index (χ1) is 7.72. The van der Waals surface area contributed by atoms with Crippen molar-refractivity contribution in [2.75, 3.05) is 20.8 Å². The maximum absolute atomic E-state index is 13.6. The third kappa shape index (κ3) is 1.73. The van der Waals surface area contributed by atoms with Crippen LogP contribution in [0.1, 0.15) is 17.9 Å². The summed E-state index contributed by atoms with van der Waals surface area (Å²) in [5.74, 6) is 1.32. The van der Waals surface area contributed by atoms with Crippen LogP contribution in [0.2, 0.25) is 0 Å². The molecule has 1 saturated carbocycles. The van der Waals surface area contributed by atoms with Gasteiger partial charge in [-0.05, 0) is 36.9 Å². The summed E-state index contributed by atoms with van der Waals surface area (Å²) in [4.78, 5) is 0. The molecule has 4 heteroatoms. The summed E-state index contributed by atoms with van der Waals surface area (Å²) in [6.07, 6.45) is 0.979. The molecule has 2 atom stereocenters. The summed E-state index contributed by atoms with van der Waals surface area (Å²) in [5.41, 5.74) is 6.43. The lowest BCUT2D eigenvalue weighted by Crippen LogP contribution is -2.04. The summed E-state index contributed by atoms with van der Waals surface area (Å²) < 4.78 is 23.9. The second-order valence-electron chi connectivity index (χ2n) is 4.03. The summed E-state index contributed by atoms with van der Waals surface area (Å²) in [6, 6.07) is 3.00. The first-order valence-corrected chi connectivity index (χ1v) is 5.33. The molecule has 0 bridgehead atoms. The van der Waals surface area contributed by atoms with Crippen molar-refractivity contribution in [3.05, 3.63) is 23.5 Å². The van der Waals surface area contributed by atoms with Gasteiger partial charge in [0.25, 0.3) is 0 Å². The molecular formula is C12H16FNO2. The van der Waals surface area contributed by atoms with E-state index in [1.54, 1.807) is 13.2 Å². The van der Waals surface area contributed by atoms with Crippen molar-refractivity contribution in [2.45, 2.75) is 12.3 Å². The molecule has 16 heavy (non-hydrogen) atoms. The third-order valence-electron chi connectivity index (χ3n) is 3.13. The SMILES string of the molecule is COc1ccc(F)c(OC)c1C1CC1CN. The van der Waals surface area contributed by atoms with Crippen molar-refractivity contribution < 1.29 is 13.9 Å². The molecule has 88 valence electrons. The van der Waals surface area contributed by atoms with Crippen molar-refractivity contribution in [3.63, 3.8) is 0 Å². The standard InChI is InChI=1S/C12H16FNO2/c1-15-10-4-3-9(13)12(16-2)11(10)8-5-7(8)6-14/h3-4,7-8H,5-6,14H2,1-2H3. The fourth-order valence-electron chi connectivity index (χ4n) is 2.15. The monoisotopic (exact) mass is 225 g/mol. The topological polar surface area (TPSA) is 44.5 Å². The van der Waals surface area contributed by atoms with Crippen molar-refractivity contribution in [1.29, 1.82) is 0 Å². The van der Waals surface area contributed by atoms with Crippen LogP contribution in [0.3, 0.4) is 0 Å². The largest absolute Gasteiger partial charge is 0.496 e. The van der Waals surface area contributed by atoms with E-state index in [0.717, 1.165) is 12.0 Å². The average Bonchev–Trinajstić information content (AvgIpc) is 3.07. The van der Waals surface area contributed by atoms with Crippen LogP contribution < -0.4 is 15.2 Å². The summed E-state index contributed by atoms with van der Waals surface area (Å²) >= 11 is 0. The number of hydrogen-bond acceptors (Lipinski definition) is 3. The quantitative estimate of drug-likeness (QED) is 0.851. The van der Waals surface area contributed by atoms with Gasteiger partial charge in [-0.1, -0.05) is 0 Å². The molecule has 0 heterocycles. The first kappa shape index (κ1) is 11.2. The number of ether oxygens (including phenoxy) is 2. The van der Waals surface area contributed by atoms with E-state index in [1.807, 2.05) is 0 Å². The van der Waals surface area contributed by atoms with Gasteiger partial charge in [0.2, 0.25) is 0 Å². The van der Waals surface area contributed by atoms with Crippen molar-refractivity contribution in [2.24, 2.45) is 11.7 Å². The minimum atomic E-state index is -0.346. The van der Waals surface area contributed by atoms with Crippen molar-refractivity contribution >= 4 is 0 Å². The number of halogens is 1. The Labute approximate surface area is 94.3 Å². The second kappa shape index (κ2) is 4.29. The predicted octanol–water partition coefficient (Wildman–Crippen LogP) is 1.91. The molecule has 1 aliphatic carbocycles. The van der Waals surface area contributed by atoms with Gasteiger partial charge in [0.1, 0.15) is 5.75 Å². The Balaban J connectivity index is 2.43. The first-order valence-electron chi connectivity index (χ1n) is 5.33. The maximum atomic E-state index is 13.6. The highest BCUT2D eigenvalue weighted by Gasteiger charge is 2.41. The molecule has 0 amide bonds. The van der Waals surface area contributed by atoms with Gasteiger partial charge >= 0.3 is 0 Å². The summed E-state index contributed by atoms with van der Waals surface area (Å²) in [5, 5.41) is 0. The van der Waals surface area contributed by atoms with Crippen LogP contribution in [0.5, 0.6) is 11.5 Å². The Morgan fingerprint density at radius 3 is 2.62 bits per heavy atom. The molecule has 1 aromatic rings. The molecule has 1 aromatic carbocycles. The number of methoxy groups -OCH3 is 2. The fraction of sp³-hybridized carbons (Fsp3) is 0.500. The van der Waals surface area contributed by atoms with Gasteiger partial charge in [0.15, 0.2) is 11.6 Å². The molecule has 0 radical (unpaired) electrons. The van der Waals surface area contributed by atoms with E-state index in [4.69, 9.17) is 15.2 Å². The molecule has 0 aromatic heterocycles. The zero-order valence-corrected chi connectivity index (χ0v) is 9.50. The number of benzene rings is 1. The van der Waals surface area contributed by atoms with E-state index in [2.05, 4.69) is 0 Å². The van der Waals surface area contributed by atoms with Crippen molar-refractivity contribution in [1.82, 2.24) is 0 Å². The Kier molecular flexibility index (Phi) is 3.01. The van der Waals surface area contributed by atoms with E-state index in [0.29, 0.717) is 24.0 Å². The van der Waals surface area contributed by atoms with Crippen molar-refractivity contribution in [3.8, 4) is 11.5 Å². The average molecular weight is 225 g/mol.